The highest BCUT2D eigenvalue weighted by Crippen LogP contribution is 2.71. The lowest BCUT2D eigenvalue weighted by molar-refractivity contribution is -0.227. The fourth-order valence-electron chi connectivity index (χ4n) is 9.04. The first-order chi connectivity index (χ1) is 18.3. The number of alkyl halides is 1. The van der Waals surface area contributed by atoms with Gasteiger partial charge in [-0.3, -0.25) is 4.79 Å². The van der Waals surface area contributed by atoms with Crippen molar-refractivity contribution in [3.63, 3.8) is 0 Å². The number of hydrogen-bond donors (Lipinski definition) is 2. The molecule has 0 unspecified atom stereocenters. The van der Waals surface area contributed by atoms with Gasteiger partial charge in [-0.05, 0) is 63.0 Å². The Labute approximate surface area is 228 Å². The van der Waals surface area contributed by atoms with E-state index in [1.807, 2.05) is 0 Å². The van der Waals surface area contributed by atoms with Crippen LogP contribution in [0.2, 0.25) is 0 Å². The molecule has 39 heavy (non-hydrogen) atoms. The first kappa shape index (κ1) is 28.2. The molecule has 0 bridgehead atoms. The van der Waals surface area contributed by atoms with Gasteiger partial charge in [0.05, 0.1) is 6.10 Å². The number of aliphatic carboxylic acids is 1. The largest absolute Gasteiger partial charge is 0.509 e. The summed E-state index contributed by atoms with van der Waals surface area (Å²) in [5, 5.41) is 22.1. The summed E-state index contributed by atoms with van der Waals surface area (Å²) in [6, 6.07) is 0. The molecule has 0 amide bonds. The van der Waals surface area contributed by atoms with Crippen LogP contribution < -0.4 is 0 Å². The zero-order chi connectivity index (χ0) is 28.4. The van der Waals surface area contributed by atoms with Crippen molar-refractivity contribution in [1.29, 1.82) is 0 Å². The number of aliphatic hydroxyl groups excluding tert-OH is 1. The number of ketones is 1. The van der Waals surface area contributed by atoms with Crippen LogP contribution in [0.5, 0.6) is 0 Å². The van der Waals surface area contributed by atoms with E-state index >= 15 is 8.78 Å². The van der Waals surface area contributed by atoms with Gasteiger partial charge in [0.2, 0.25) is 5.60 Å². The molecule has 3 fully saturated rings. The molecule has 5 aliphatic rings. The molecule has 0 spiro atoms. The van der Waals surface area contributed by atoms with Crippen molar-refractivity contribution in [2.24, 2.45) is 28.6 Å². The number of rotatable bonds is 3. The van der Waals surface area contributed by atoms with Crippen LogP contribution in [0.1, 0.15) is 91.4 Å². The third-order valence-electron chi connectivity index (χ3n) is 11.1. The number of halogens is 2. The average Bonchev–Trinajstić information content (AvgIpc) is 3.06. The van der Waals surface area contributed by atoms with Crippen molar-refractivity contribution >= 4 is 17.9 Å². The van der Waals surface area contributed by atoms with Gasteiger partial charge in [0.1, 0.15) is 11.9 Å². The fraction of sp³-hybridized carbons (Fsp3) is 0.767. The molecule has 0 saturated heterocycles. The lowest BCUT2D eigenvalue weighted by atomic mass is 9.45. The Hall–Kier alpha value is -2.29. The molecular weight excluding hydrogens is 510 g/mol. The smallest absolute Gasteiger partial charge is 0.478 e. The van der Waals surface area contributed by atoms with Crippen molar-refractivity contribution in [3.05, 3.63) is 23.6 Å². The monoisotopic (exact) mass is 550 g/mol. The molecule has 0 aromatic carbocycles. The number of carbonyl (C=O) groups excluding carboxylic acids is 2. The summed E-state index contributed by atoms with van der Waals surface area (Å²) < 4.78 is 44.4. The first-order valence-corrected chi connectivity index (χ1v) is 14.4. The summed E-state index contributed by atoms with van der Waals surface area (Å²) in [4.78, 5) is 38.2. The number of aliphatic hydroxyl groups is 1. The Morgan fingerprint density at radius 3 is 2.36 bits per heavy atom. The molecule has 5 aliphatic carbocycles. The van der Waals surface area contributed by atoms with Crippen LogP contribution in [0.15, 0.2) is 23.6 Å². The molecule has 9 heteroatoms. The zero-order valence-corrected chi connectivity index (χ0v) is 23.0. The van der Waals surface area contributed by atoms with Crippen LogP contribution in [0.3, 0.4) is 0 Å². The summed E-state index contributed by atoms with van der Waals surface area (Å²) in [6.45, 7) is 4.77. The summed E-state index contributed by atoms with van der Waals surface area (Å²) in [5.41, 5.74) is -7.30. The lowest BCUT2D eigenvalue weighted by Crippen LogP contribution is -2.69. The Kier molecular flexibility index (Phi) is 7.00. The summed E-state index contributed by atoms with van der Waals surface area (Å²) in [6.07, 6.45) is 5.16. The van der Waals surface area contributed by atoms with Crippen LogP contribution in [0.25, 0.3) is 0 Å². The predicted molar refractivity (Wildman–Crippen MR) is 137 cm³/mol. The van der Waals surface area contributed by atoms with E-state index in [1.165, 1.54) is 19.1 Å². The summed E-state index contributed by atoms with van der Waals surface area (Å²) >= 11 is 0. The average molecular weight is 551 g/mol. The second-order valence-electron chi connectivity index (χ2n) is 13.0. The zero-order valence-electron chi connectivity index (χ0n) is 23.0. The van der Waals surface area contributed by atoms with E-state index in [2.05, 4.69) is 0 Å². The van der Waals surface area contributed by atoms with E-state index in [4.69, 9.17) is 9.47 Å². The SMILES string of the molecule is C[C@@H]1C[C@H]2[C@@H]3CC(F)=C4CC(=O)C=C[C@]4(C)[C@@]3(F)[C@@H](O)C[C@]2(C)[C@@]1(OC(=O)OC1CCCCCCC1)C(=O)O. The number of carboxylic acids is 1. The van der Waals surface area contributed by atoms with Crippen LogP contribution in [0.4, 0.5) is 13.6 Å². The van der Waals surface area contributed by atoms with E-state index in [-0.39, 0.29) is 43.1 Å². The van der Waals surface area contributed by atoms with Gasteiger partial charge < -0.3 is 19.7 Å². The Bertz CT molecular complexity index is 1110. The van der Waals surface area contributed by atoms with Crippen LogP contribution in [-0.2, 0) is 19.1 Å². The van der Waals surface area contributed by atoms with E-state index in [1.54, 1.807) is 13.8 Å². The number of carbonyl (C=O) groups is 3. The number of ether oxygens (including phenoxy) is 2. The Balaban J connectivity index is 1.50. The molecule has 216 valence electrons. The first-order valence-electron chi connectivity index (χ1n) is 14.4. The van der Waals surface area contributed by atoms with Crippen molar-refractivity contribution in [1.82, 2.24) is 0 Å². The van der Waals surface area contributed by atoms with Gasteiger partial charge in [-0.1, -0.05) is 39.2 Å². The summed E-state index contributed by atoms with van der Waals surface area (Å²) in [5.74, 6) is -4.82. The molecule has 0 aromatic heterocycles. The number of carboxylic acid groups (broad SMARTS) is 1. The molecule has 8 atom stereocenters. The topological polar surface area (TPSA) is 110 Å². The van der Waals surface area contributed by atoms with Crippen molar-refractivity contribution in [2.45, 2.75) is 115 Å². The van der Waals surface area contributed by atoms with Gasteiger partial charge in [-0.25, -0.2) is 18.4 Å². The number of fused-ring (bicyclic) bond motifs is 5. The predicted octanol–water partition coefficient (Wildman–Crippen LogP) is 5.99. The molecule has 5 rings (SSSR count). The third-order valence-corrected chi connectivity index (χ3v) is 11.1. The number of allylic oxidation sites excluding steroid dienone is 4. The molecular formula is C30H40F2O7. The molecule has 0 heterocycles. The van der Waals surface area contributed by atoms with Gasteiger partial charge >= 0.3 is 12.1 Å². The van der Waals surface area contributed by atoms with E-state index in [9.17, 15) is 24.6 Å². The van der Waals surface area contributed by atoms with Crippen LogP contribution in [-0.4, -0.2) is 51.6 Å². The van der Waals surface area contributed by atoms with Gasteiger partial charge in [0.25, 0.3) is 0 Å². The Morgan fingerprint density at radius 2 is 1.72 bits per heavy atom. The highest BCUT2D eigenvalue weighted by Gasteiger charge is 2.78. The number of hydrogen-bond acceptors (Lipinski definition) is 6. The highest BCUT2D eigenvalue weighted by atomic mass is 19.1. The van der Waals surface area contributed by atoms with E-state index < -0.39 is 63.9 Å². The molecule has 0 aromatic rings. The molecule has 3 saturated carbocycles. The van der Waals surface area contributed by atoms with Gasteiger partial charge in [-0.15, -0.1) is 0 Å². The van der Waals surface area contributed by atoms with E-state index in [0.717, 1.165) is 32.1 Å². The minimum atomic E-state index is -2.33. The standard InChI is InChI=1S/C30H40F2O7/c1-17-13-20-21-15-23(31)22-14-18(33)11-12-27(22,2)29(21,32)24(34)16-28(20,3)30(17,25(35)36)39-26(37)38-19-9-7-5-4-6-8-10-19/h11-12,17,19-21,24,34H,4-10,13-16H2,1-3H3,(H,35,36)/t17-,20+,21+,24+,27+,28+,29+,30+/m1/s1. The van der Waals surface area contributed by atoms with Crippen LogP contribution >= 0.6 is 0 Å². The third kappa shape index (κ3) is 3.92. The maximum Gasteiger partial charge on any atom is 0.509 e. The van der Waals surface area contributed by atoms with Gasteiger partial charge in [0, 0.05) is 35.5 Å². The lowest BCUT2D eigenvalue weighted by Gasteiger charge is -2.61. The minimum absolute atomic E-state index is 0.0472. The van der Waals surface area contributed by atoms with Gasteiger partial charge in [-0.2, -0.15) is 0 Å². The second kappa shape index (κ2) is 9.67. The normalized spacial score (nSPS) is 44.5. The maximum absolute atomic E-state index is 17.4. The minimum Gasteiger partial charge on any atom is -0.478 e. The quantitative estimate of drug-likeness (QED) is 0.415. The molecule has 2 N–H and O–H groups in total. The molecule has 0 radical (unpaired) electrons. The van der Waals surface area contributed by atoms with Crippen molar-refractivity contribution < 1.29 is 42.9 Å². The summed E-state index contributed by atoms with van der Waals surface area (Å²) in [7, 11) is 0. The molecule has 7 nitrogen and oxygen atoms in total. The van der Waals surface area contributed by atoms with Crippen molar-refractivity contribution in [2.75, 3.05) is 0 Å². The van der Waals surface area contributed by atoms with Gasteiger partial charge in [0.15, 0.2) is 11.5 Å². The van der Waals surface area contributed by atoms with E-state index in [0.29, 0.717) is 12.8 Å². The van der Waals surface area contributed by atoms with Crippen molar-refractivity contribution in [3.8, 4) is 0 Å². The second-order valence-corrected chi connectivity index (χ2v) is 13.0. The maximum atomic E-state index is 17.4. The van der Waals surface area contributed by atoms with Crippen LogP contribution in [0, 0.1) is 28.6 Å². The Morgan fingerprint density at radius 1 is 1.08 bits per heavy atom. The fourth-order valence-corrected chi connectivity index (χ4v) is 9.04. The molecule has 0 aliphatic heterocycles. The highest BCUT2D eigenvalue weighted by molar-refractivity contribution is 5.93.